The maximum Gasteiger partial charge on any atom is 0.143 e. The van der Waals surface area contributed by atoms with Gasteiger partial charge in [0.15, 0.2) is 0 Å². The van der Waals surface area contributed by atoms with Gasteiger partial charge in [0.2, 0.25) is 0 Å². The monoisotopic (exact) mass is 208 g/mol. The lowest BCUT2D eigenvalue weighted by Gasteiger charge is -2.20. The number of aryl methyl sites for hydroxylation is 1. The number of rotatable bonds is 3. The van der Waals surface area contributed by atoms with Crippen LogP contribution in [0.25, 0.3) is 0 Å². The summed E-state index contributed by atoms with van der Waals surface area (Å²) in [7, 11) is 0. The molecule has 0 aliphatic carbocycles. The van der Waals surface area contributed by atoms with Gasteiger partial charge in [-0.05, 0) is 19.3 Å². The topological polar surface area (TPSA) is 16.1 Å². The molecule has 1 aromatic heterocycles. The van der Waals surface area contributed by atoms with Crippen molar-refractivity contribution < 1.29 is 4.39 Å². The van der Waals surface area contributed by atoms with Gasteiger partial charge in [0.1, 0.15) is 5.82 Å². The summed E-state index contributed by atoms with van der Waals surface area (Å²) in [5.41, 5.74) is 2.05. The number of nitrogens with zero attached hydrogens (tertiary/aromatic N) is 2. The molecule has 0 radical (unpaired) electrons. The standard InChI is InChI=1S/C12H17FN2/c1-2-5-11-12(8-10(13)9-14-11)15-6-3-4-7-15/h8-9H,2-7H2,1H3. The molecule has 0 unspecified atom stereocenters. The van der Waals surface area contributed by atoms with Crippen LogP contribution >= 0.6 is 0 Å². The molecule has 2 heterocycles. The fourth-order valence-corrected chi connectivity index (χ4v) is 2.12. The Labute approximate surface area is 90.1 Å². The zero-order valence-electron chi connectivity index (χ0n) is 9.17. The summed E-state index contributed by atoms with van der Waals surface area (Å²) in [5, 5.41) is 0. The Morgan fingerprint density at radius 1 is 1.40 bits per heavy atom. The third kappa shape index (κ3) is 2.28. The van der Waals surface area contributed by atoms with Crippen LogP contribution in [0.5, 0.6) is 0 Å². The van der Waals surface area contributed by atoms with Gasteiger partial charge in [-0.2, -0.15) is 0 Å². The summed E-state index contributed by atoms with van der Waals surface area (Å²) in [6.07, 6.45) is 5.74. The first-order valence-corrected chi connectivity index (χ1v) is 5.70. The molecule has 0 bridgehead atoms. The smallest absolute Gasteiger partial charge is 0.143 e. The van der Waals surface area contributed by atoms with E-state index >= 15 is 0 Å². The largest absolute Gasteiger partial charge is 0.370 e. The maximum absolute atomic E-state index is 13.2. The van der Waals surface area contributed by atoms with Crippen LogP contribution in [0.4, 0.5) is 10.1 Å². The fraction of sp³-hybridized carbons (Fsp3) is 0.583. The second-order valence-corrected chi connectivity index (χ2v) is 4.06. The summed E-state index contributed by atoms with van der Waals surface area (Å²) in [6.45, 7) is 4.21. The Kier molecular flexibility index (Phi) is 3.19. The lowest BCUT2D eigenvalue weighted by atomic mass is 10.2. The van der Waals surface area contributed by atoms with Crippen molar-refractivity contribution in [3.63, 3.8) is 0 Å². The lowest BCUT2D eigenvalue weighted by Crippen LogP contribution is -2.20. The fourth-order valence-electron chi connectivity index (χ4n) is 2.12. The molecule has 1 aromatic rings. The summed E-state index contributed by atoms with van der Waals surface area (Å²) in [6, 6.07) is 1.63. The van der Waals surface area contributed by atoms with E-state index in [4.69, 9.17) is 0 Å². The van der Waals surface area contributed by atoms with Gasteiger partial charge < -0.3 is 4.90 Å². The van der Waals surface area contributed by atoms with Gasteiger partial charge in [0, 0.05) is 19.2 Å². The minimum atomic E-state index is -0.225. The van der Waals surface area contributed by atoms with Gasteiger partial charge in [0.25, 0.3) is 0 Å². The van der Waals surface area contributed by atoms with Crippen molar-refractivity contribution in [3.05, 3.63) is 23.8 Å². The Morgan fingerprint density at radius 3 is 2.80 bits per heavy atom. The average molecular weight is 208 g/mol. The molecule has 0 spiro atoms. The molecule has 3 heteroatoms. The number of pyridine rings is 1. The van der Waals surface area contributed by atoms with E-state index in [0.717, 1.165) is 37.3 Å². The van der Waals surface area contributed by atoms with Crippen LogP contribution in [0, 0.1) is 5.82 Å². The van der Waals surface area contributed by atoms with Crippen LogP contribution in [0.1, 0.15) is 31.9 Å². The first-order valence-electron chi connectivity index (χ1n) is 5.70. The Morgan fingerprint density at radius 2 is 2.13 bits per heavy atom. The third-order valence-electron chi connectivity index (χ3n) is 2.85. The van der Waals surface area contributed by atoms with Gasteiger partial charge in [0.05, 0.1) is 17.6 Å². The van der Waals surface area contributed by atoms with E-state index in [9.17, 15) is 4.39 Å². The molecule has 15 heavy (non-hydrogen) atoms. The van der Waals surface area contributed by atoms with Crippen LogP contribution in [0.15, 0.2) is 12.3 Å². The molecule has 1 aliphatic rings. The Balaban J connectivity index is 2.28. The number of aromatic nitrogens is 1. The highest BCUT2D eigenvalue weighted by atomic mass is 19.1. The number of hydrogen-bond donors (Lipinski definition) is 0. The number of hydrogen-bond acceptors (Lipinski definition) is 2. The zero-order valence-corrected chi connectivity index (χ0v) is 9.17. The van der Waals surface area contributed by atoms with Crippen LogP contribution < -0.4 is 4.90 Å². The van der Waals surface area contributed by atoms with E-state index in [1.165, 1.54) is 19.0 Å². The van der Waals surface area contributed by atoms with E-state index in [0.29, 0.717) is 0 Å². The molecule has 0 atom stereocenters. The molecule has 1 aliphatic heterocycles. The summed E-state index contributed by atoms with van der Waals surface area (Å²) < 4.78 is 13.2. The second kappa shape index (κ2) is 4.60. The minimum Gasteiger partial charge on any atom is -0.370 e. The first-order chi connectivity index (χ1) is 7.31. The van der Waals surface area contributed by atoms with Crippen LogP contribution in [-0.4, -0.2) is 18.1 Å². The highest BCUT2D eigenvalue weighted by Crippen LogP contribution is 2.24. The lowest BCUT2D eigenvalue weighted by molar-refractivity contribution is 0.617. The molecule has 0 saturated carbocycles. The van der Waals surface area contributed by atoms with Crippen molar-refractivity contribution in [3.8, 4) is 0 Å². The zero-order chi connectivity index (χ0) is 10.7. The molecular formula is C12H17FN2. The second-order valence-electron chi connectivity index (χ2n) is 4.06. The molecule has 0 aromatic carbocycles. The van der Waals surface area contributed by atoms with Crippen molar-refractivity contribution in [2.24, 2.45) is 0 Å². The predicted octanol–water partition coefficient (Wildman–Crippen LogP) is 2.77. The molecule has 2 rings (SSSR count). The molecule has 2 nitrogen and oxygen atoms in total. The average Bonchev–Trinajstić information content (AvgIpc) is 2.74. The Hall–Kier alpha value is -1.12. The van der Waals surface area contributed by atoms with Crippen molar-refractivity contribution in [2.75, 3.05) is 18.0 Å². The van der Waals surface area contributed by atoms with Crippen molar-refractivity contribution in [2.45, 2.75) is 32.6 Å². The summed E-state index contributed by atoms with van der Waals surface area (Å²) in [5.74, 6) is -0.225. The quantitative estimate of drug-likeness (QED) is 0.759. The van der Waals surface area contributed by atoms with Gasteiger partial charge in [-0.3, -0.25) is 4.98 Å². The van der Waals surface area contributed by atoms with E-state index in [1.54, 1.807) is 6.07 Å². The predicted molar refractivity (Wildman–Crippen MR) is 59.6 cm³/mol. The van der Waals surface area contributed by atoms with Crippen LogP contribution in [0.2, 0.25) is 0 Å². The molecule has 1 fully saturated rings. The van der Waals surface area contributed by atoms with E-state index < -0.39 is 0 Å². The van der Waals surface area contributed by atoms with E-state index in [-0.39, 0.29) is 5.82 Å². The van der Waals surface area contributed by atoms with Gasteiger partial charge >= 0.3 is 0 Å². The van der Waals surface area contributed by atoms with Gasteiger partial charge in [-0.25, -0.2) is 4.39 Å². The molecule has 0 amide bonds. The van der Waals surface area contributed by atoms with Crippen molar-refractivity contribution in [1.82, 2.24) is 4.98 Å². The summed E-state index contributed by atoms with van der Waals surface area (Å²) in [4.78, 5) is 6.45. The van der Waals surface area contributed by atoms with Crippen molar-refractivity contribution in [1.29, 1.82) is 0 Å². The van der Waals surface area contributed by atoms with Crippen LogP contribution in [0.3, 0.4) is 0 Å². The molecule has 0 N–H and O–H groups in total. The maximum atomic E-state index is 13.2. The highest BCUT2D eigenvalue weighted by Gasteiger charge is 2.16. The van der Waals surface area contributed by atoms with Crippen molar-refractivity contribution >= 4 is 5.69 Å². The highest BCUT2D eigenvalue weighted by molar-refractivity contribution is 5.51. The first kappa shape index (κ1) is 10.4. The van der Waals surface area contributed by atoms with E-state index in [1.807, 2.05) is 0 Å². The normalized spacial score (nSPS) is 16.0. The third-order valence-corrected chi connectivity index (χ3v) is 2.85. The number of anilines is 1. The van der Waals surface area contributed by atoms with Gasteiger partial charge in [-0.1, -0.05) is 13.3 Å². The molecule has 82 valence electrons. The minimum absolute atomic E-state index is 0.225. The summed E-state index contributed by atoms with van der Waals surface area (Å²) >= 11 is 0. The molecule has 1 saturated heterocycles. The SMILES string of the molecule is CCCc1ncc(F)cc1N1CCCC1. The van der Waals surface area contributed by atoms with Crippen LogP contribution in [-0.2, 0) is 6.42 Å². The van der Waals surface area contributed by atoms with Gasteiger partial charge in [-0.15, -0.1) is 0 Å². The molecular weight excluding hydrogens is 191 g/mol. The van der Waals surface area contributed by atoms with E-state index in [2.05, 4.69) is 16.8 Å². The Bertz CT molecular complexity index is 332. The number of halogens is 1.